The Morgan fingerprint density at radius 2 is 2.04 bits per heavy atom. The number of carbonyl (C=O) groups is 1. The Morgan fingerprint density at radius 3 is 2.75 bits per heavy atom. The van der Waals surface area contributed by atoms with E-state index in [4.69, 9.17) is 21.1 Å². The fraction of sp³-hybridized carbons (Fsp3) is 0.278. The van der Waals surface area contributed by atoms with Crippen LogP contribution in [-0.2, 0) is 0 Å². The van der Waals surface area contributed by atoms with Gasteiger partial charge in [0.05, 0.1) is 25.0 Å². The Hall–Kier alpha value is -1.47. The van der Waals surface area contributed by atoms with E-state index in [-0.39, 0.29) is 5.91 Å². The first-order valence-corrected chi connectivity index (χ1v) is 9.08. The third-order valence-electron chi connectivity index (χ3n) is 3.36. The van der Waals surface area contributed by atoms with Crippen molar-refractivity contribution >= 4 is 45.8 Å². The van der Waals surface area contributed by atoms with Crippen LogP contribution in [0.15, 0.2) is 36.4 Å². The van der Waals surface area contributed by atoms with Gasteiger partial charge >= 0.3 is 0 Å². The van der Waals surface area contributed by atoms with Crippen LogP contribution in [0.25, 0.3) is 0 Å². The van der Waals surface area contributed by atoms with Crippen LogP contribution in [0.1, 0.15) is 30.1 Å². The Bertz CT molecular complexity index is 721. The molecule has 0 saturated heterocycles. The minimum absolute atomic E-state index is 0.240. The number of carbonyl (C=O) groups excluding carboxylic acids is 1. The van der Waals surface area contributed by atoms with Gasteiger partial charge in [-0.1, -0.05) is 24.9 Å². The van der Waals surface area contributed by atoms with Gasteiger partial charge in [0.1, 0.15) is 11.5 Å². The predicted molar refractivity (Wildman–Crippen MR) is 106 cm³/mol. The zero-order chi connectivity index (χ0) is 17.5. The number of hydrogen-bond acceptors (Lipinski definition) is 3. The third kappa shape index (κ3) is 5.01. The molecule has 0 aromatic heterocycles. The number of benzene rings is 2. The standard InChI is InChI=1S/C18H19ClINO3/c1-3-4-9-24-17-8-6-13(23-2)11-16(17)21-18(22)14-10-12(19)5-7-15(14)20/h5-8,10-11H,3-4,9H2,1-2H3,(H,21,22). The van der Waals surface area contributed by atoms with Crippen molar-refractivity contribution < 1.29 is 14.3 Å². The number of ether oxygens (including phenoxy) is 2. The number of unbranched alkanes of at least 4 members (excludes halogenated alkanes) is 1. The second kappa shape index (κ2) is 9.13. The summed E-state index contributed by atoms with van der Waals surface area (Å²) < 4.78 is 11.8. The first-order chi connectivity index (χ1) is 11.5. The predicted octanol–water partition coefficient (Wildman–Crippen LogP) is 5.38. The van der Waals surface area contributed by atoms with Gasteiger partial charge in [0, 0.05) is 14.7 Å². The zero-order valence-corrected chi connectivity index (χ0v) is 16.5. The van der Waals surface area contributed by atoms with Gasteiger partial charge in [0.25, 0.3) is 5.91 Å². The van der Waals surface area contributed by atoms with E-state index in [0.717, 1.165) is 16.4 Å². The Balaban J connectivity index is 2.25. The summed E-state index contributed by atoms with van der Waals surface area (Å²) in [7, 11) is 1.58. The van der Waals surface area contributed by atoms with E-state index >= 15 is 0 Å². The van der Waals surface area contributed by atoms with Crippen LogP contribution in [0.3, 0.4) is 0 Å². The highest BCUT2D eigenvalue weighted by Crippen LogP contribution is 2.30. The summed E-state index contributed by atoms with van der Waals surface area (Å²) in [6.45, 7) is 2.70. The van der Waals surface area contributed by atoms with Crippen LogP contribution in [0.2, 0.25) is 5.02 Å². The van der Waals surface area contributed by atoms with Gasteiger partial charge in [0.15, 0.2) is 0 Å². The van der Waals surface area contributed by atoms with E-state index < -0.39 is 0 Å². The summed E-state index contributed by atoms with van der Waals surface area (Å²) in [4.78, 5) is 12.6. The van der Waals surface area contributed by atoms with Crippen LogP contribution in [0, 0.1) is 3.57 Å². The van der Waals surface area contributed by atoms with Gasteiger partial charge in [-0.3, -0.25) is 4.79 Å². The van der Waals surface area contributed by atoms with E-state index in [9.17, 15) is 4.79 Å². The first-order valence-electron chi connectivity index (χ1n) is 7.62. The molecule has 0 saturated carbocycles. The molecule has 2 aromatic rings. The van der Waals surface area contributed by atoms with Crippen LogP contribution in [0.4, 0.5) is 5.69 Å². The number of hydrogen-bond donors (Lipinski definition) is 1. The lowest BCUT2D eigenvalue weighted by Crippen LogP contribution is -2.14. The second-order valence-corrected chi connectivity index (χ2v) is 6.74. The zero-order valence-electron chi connectivity index (χ0n) is 13.6. The molecule has 0 atom stereocenters. The molecular formula is C18H19ClINO3. The molecule has 0 fully saturated rings. The van der Waals surface area contributed by atoms with E-state index in [1.165, 1.54) is 0 Å². The topological polar surface area (TPSA) is 47.6 Å². The largest absolute Gasteiger partial charge is 0.497 e. The van der Waals surface area contributed by atoms with Crippen molar-refractivity contribution in [3.63, 3.8) is 0 Å². The van der Waals surface area contributed by atoms with Crippen molar-refractivity contribution in [3.05, 3.63) is 50.6 Å². The minimum atomic E-state index is -0.240. The molecule has 1 amide bonds. The lowest BCUT2D eigenvalue weighted by molar-refractivity contribution is 0.102. The molecule has 0 aliphatic rings. The number of nitrogens with one attached hydrogen (secondary N) is 1. The van der Waals surface area contributed by atoms with Gasteiger partial charge < -0.3 is 14.8 Å². The maximum Gasteiger partial charge on any atom is 0.256 e. The number of halogens is 2. The number of amides is 1. The molecule has 0 aliphatic carbocycles. The number of rotatable bonds is 7. The maximum absolute atomic E-state index is 12.6. The summed E-state index contributed by atoms with van der Waals surface area (Å²) in [6.07, 6.45) is 1.99. The highest BCUT2D eigenvalue weighted by Gasteiger charge is 2.14. The quantitative estimate of drug-likeness (QED) is 0.446. The van der Waals surface area contributed by atoms with Gasteiger partial charge in [0.2, 0.25) is 0 Å². The molecule has 4 nitrogen and oxygen atoms in total. The van der Waals surface area contributed by atoms with Crippen LogP contribution < -0.4 is 14.8 Å². The summed E-state index contributed by atoms with van der Waals surface area (Å²) in [6, 6.07) is 10.6. The molecule has 6 heteroatoms. The number of methoxy groups -OCH3 is 1. The van der Waals surface area contributed by atoms with Crippen molar-refractivity contribution in [2.24, 2.45) is 0 Å². The molecule has 0 bridgehead atoms. The number of anilines is 1. The van der Waals surface area contributed by atoms with Crippen LogP contribution in [-0.4, -0.2) is 19.6 Å². The summed E-state index contributed by atoms with van der Waals surface area (Å²) >= 11 is 8.11. The van der Waals surface area contributed by atoms with Gasteiger partial charge in [-0.15, -0.1) is 0 Å². The first kappa shape index (κ1) is 18.9. The molecule has 0 spiro atoms. The van der Waals surface area contributed by atoms with Gasteiger partial charge in [-0.25, -0.2) is 0 Å². The second-order valence-electron chi connectivity index (χ2n) is 5.14. The molecule has 128 valence electrons. The molecule has 2 aromatic carbocycles. The van der Waals surface area contributed by atoms with Crippen LogP contribution >= 0.6 is 34.2 Å². The molecule has 0 aliphatic heterocycles. The van der Waals surface area contributed by atoms with Gasteiger partial charge in [-0.05, 0) is 59.3 Å². The van der Waals surface area contributed by atoms with E-state index in [2.05, 4.69) is 34.8 Å². The van der Waals surface area contributed by atoms with Crippen LogP contribution in [0.5, 0.6) is 11.5 Å². The molecule has 0 heterocycles. The normalized spacial score (nSPS) is 10.3. The maximum atomic E-state index is 12.6. The monoisotopic (exact) mass is 459 g/mol. The van der Waals surface area contributed by atoms with Crippen molar-refractivity contribution in [1.82, 2.24) is 0 Å². The fourth-order valence-corrected chi connectivity index (χ4v) is 2.80. The highest BCUT2D eigenvalue weighted by atomic mass is 127. The van der Waals surface area contributed by atoms with E-state index in [0.29, 0.717) is 34.4 Å². The third-order valence-corrected chi connectivity index (χ3v) is 4.54. The molecule has 0 radical (unpaired) electrons. The minimum Gasteiger partial charge on any atom is -0.497 e. The smallest absolute Gasteiger partial charge is 0.256 e. The van der Waals surface area contributed by atoms with Crippen molar-refractivity contribution in [2.45, 2.75) is 19.8 Å². The van der Waals surface area contributed by atoms with Crippen molar-refractivity contribution in [3.8, 4) is 11.5 Å². The Kier molecular flexibility index (Phi) is 7.17. The summed E-state index contributed by atoms with van der Waals surface area (Å²) in [5.74, 6) is 1.03. The molecular weight excluding hydrogens is 441 g/mol. The summed E-state index contributed by atoms with van der Waals surface area (Å²) in [5, 5.41) is 3.41. The lowest BCUT2D eigenvalue weighted by Gasteiger charge is -2.14. The average Bonchev–Trinajstić information content (AvgIpc) is 2.58. The average molecular weight is 460 g/mol. The Morgan fingerprint density at radius 1 is 1.25 bits per heavy atom. The Labute approximate surface area is 160 Å². The van der Waals surface area contributed by atoms with Crippen molar-refractivity contribution in [1.29, 1.82) is 0 Å². The molecule has 0 unspecified atom stereocenters. The van der Waals surface area contributed by atoms with Crippen molar-refractivity contribution in [2.75, 3.05) is 19.0 Å². The lowest BCUT2D eigenvalue weighted by atomic mass is 10.2. The highest BCUT2D eigenvalue weighted by molar-refractivity contribution is 14.1. The molecule has 24 heavy (non-hydrogen) atoms. The van der Waals surface area contributed by atoms with E-state index in [1.54, 1.807) is 37.4 Å². The van der Waals surface area contributed by atoms with Gasteiger partial charge in [-0.2, -0.15) is 0 Å². The summed E-state index contributed by atoms with van der Waals surface area (Å²) in [5.41, 5.74) is 1.09. The fourth-order valence-electron chi connectivity index (χ4n) is 2.05. The van der Waals surface area contributed by atoms with E-state index in [1.807, 2.05) is 6.07 Å². The molecule has 1 N–H and O–H groups in total. The molecule has 2 rings (SSSR count). The SMILES string of the molecule is CCCCOc1ccc(OC)cc1NC(=O)c1cc(Cl)ccc1I.